The normalized spacial score (nSPS) is 17.0. The largest absolute Gasteiger partial charge is 0.360 e. The summed E-state index contributed by atoms with van der Waals surface area (Å²) in [7, 11) is 0. The maximum absolute atomic E-state index is 13.1. The molecule has 5 rings (SSSR count). The zero-order chi connectivity index (χ0) is 21.2. The molecule has 1 saturated carbocycles. The lowest BCUT2D eigenvalue weighted by atomic mass is 10.2. The van der Waals surface area contributed by atoms with Gasteiger partial charge in [-0.1, -0.05) is 18.2 Å². The number of hydrogen-bond acceptors (Lipinski definition) is 3. The molecule has 0 radical (unpaired) electrons. The first-order chi connectivity index (χ1) is 15.2. The summed E-state index contributed by atoms with van der Waals surface area (Å²) in [6.45, 7) is 7.97. The van der Waals surface area contributed by atoms with Crippen LogP contribution in [0.5, 0.6) is 0 Å². The van der Waals surface area contributed by atoms with Crippen LogP contribution in [-0.4, -0.2) is 48.4 Å². The molecule has 0 spiro atoms. The minimum atomic E-state index is -0.129. The first kappa shape index (κ1) is 19.8. The molecule has 1 aliphatic heterocycles. The third-order valence-corrected chi connectivity index (χ3v) is 6.42. The van der Waals surface area contributed by atoms with Gasteiger partial charge < -0.3 is 15.1 Å². The molecule has 2 N–H and O–H groups in total. The van der Waals surface area contributed by atoms with Gasteiger partial charge in [0.05, 0.1) is 44.1 Å². The highest BCUT2D eigenvalue weighted by atomic mass is 16.2. The number of benzene rings is 2. The number of carbonyl (C=O) groups is 1. The van der Waals surface area contributed by atoms with Gasteiger partial charge in [-0.2, -0.15) is 5.10 Å². The smallest absolute Gasteiger partial charge is 0.274 e. The van der Waals surface area contributed by atoms with Crippen LogP contribution < -0.4 is 15.1 Å². The highest BCUT2D eigenvalue weighted by molar-refractivity contribution is 6.03. The maximum atomic E-state index is 13.1. The van der Waals surface area contributed by atoms with E-state index in [-0.39, 0.29) is 5.91 Å². The number of rotatable bonds is 6. The summed E-state index contributed by atoms with van der Waals surface area (Å²) in [6, 6.07) is 20.0. The van der Waals surface area contributed by atoms with Crippen molar-refractivity contribution in [1.29, 1.82) is 0 Å². The van der Waals surface area contributed by atoms with Crippen molar-refractivity contribution in [3.8, 4) is 5.69 Å². The number of amides is 1. The number of carbonyl (C=O) groups excluding carboxylic acids is 1. The van der Waals surface area contributed by atoms with E-state index in [1.807, 2.05) is 48.5 Å². The van der Waals surface area contributed by atoms with E-state index < -0.39 is 0 Å². The van der Waals surface area contributed by atoms with E-state index in [2.05, 4.69) is 29.3 Å². The highest BCUT2D eigenvalue weighted by Crippen LogP contribution is 2.39. The Morgan fingerprint density at radius 2 is 1.74 bits per heavy atom. The Morgan fingerprint density at radius 3 is 2.39 bits per heavy atom. The molecule has 6 nitrogen and oxygen atoms in total. The molecule has 31 heavy (non-hydrogen) atoms. The van der Waals surface area contributed by atoms with E-state index in [0.717, 1.165) is 43.0 Å². The van der Waals surface area contributed by atoms with Gasteiger partial charge in [-0.15, -0.1) is 0 Å². The van der Waals surface area contributed by atoms with Crippen LogP contribution in [0, 0.1) is 0 Å². The van der Waals surface area contributed by atoms with Gasteiger partial charge in [-0.3, -0.25) is 4.79 Å². The highest BCUT2D eigenvalue weighted by Gasteiger charge is 2.29. The molecular formula is C25H30N5O+. The third-order valence-electron chi connectivity index (χ3n) is 6.42. The topological polar surface area (TPSA) is 54.6 Å². The minimum absolute atomic E-state index is 0.129. The molecular weight excluding hydrogens is 386 g/mol. The molecule has 3 aromatic rings. The van der Waals surface area contributed by atoms with Crippen molar-refractivity contribution in [3.63, 3.8) is 0 Å². The predicted molar refractivity (Wildman–Crippen MR) is 123 cm³/mol. The van der Waals surface area contributed by atoms with E-state index in [1.54, 1.807) is 9.58 Å². The number of piperazine rings is 1. The Morgan fingerprint density at radius 1 is 1.03 bits per heavy atom. The lowest BCUT2D eigenvalue weighted by molar-refractivity contribution is -0.898. The molecule has 0 atom stereocenters. The maximum Gasteiger partial charge on any atom is 0.274 e. The fourth-order valence-corrected chi connectivity index (χ4v) is 4.29. The summed E-state index contributed by atoms with van der Waals surface area (Å²) in [5, 5.41) is 7.81. The van der Waals surface area contributed by atoms with E-state index >= 15 is 0 Å². The SMILES string of the molecule is CC[NH+]1CCN(c2ccc(NC(=O)c3cc(C4CC4)nn3-c3ccccc3)cc2)CC1. The standard InChI is InChI=1S/C25H29N5O/c1-2-28-14-16-29(17-15-28)21-12-10-20(11-13-21)26-25(31)24-18-23(19-8-9-19)27-30(24)22-6-4-3-5-7-22/h3-7,10-13,18-19H,2,8-9,14-17H2,1H3,(H,26,31)/p+1. The molecule has 1 aromatic heterocycles. The summed E-state index contributed by atoms with van der Waals surface area (Å²) >= 11 is 0. The zero-order valence-electron chi connectivity index (χ0n) is 18.1. The predicted octanol–water partition coefficient (Wildman–Crippen LogP) is 2.73. The molecule has 1 amide bonds. The van der Waals surface area contributed by atoms with Gasteiger partial charge in [-0.25, -0.2) is 4.68 Å². The van der Waals surface area contributed by atoms with Crippen molar-refractivity contribution in [2.75, 3.05) is 42.9 Å². The zero-order valence-corrected chi connectivity index (χ0v) is 18.1. The lowest BCUT2D eigenvalue weighted by Gasteiger charge is -2.33. The molecule has 1 aliphatic carbocycles. The van der Waals surface area contributed by atoms with Gasteiger partial charge in [-0.05, 0) is 62.2 Å². The van der Waals surface area contributed by atoms with Crippen molar-refractivity contribution in [1.82, 2.24) is 9.78 Å². The molecule has 1 saturated heterocycles. The summed E-state index contributed by atoms with van der Waals surface area (Å²) in [4.78, 5) is 17.2. The summed E-state index contributed by atoms with van der Waals surface area (Å²) in [6.07, 6.45) is 2.31. The van der Waals surface area contributed by atoms with Crippen LogP contribution in [0.15, 0.2) is 60.7 Å². The van der Waals surface area contributed by atoms with E-state index in [1.165, 1.54) is 25.3 Å². The van der Waals surface area contributed by atoms with Gasteiger partial charge >= 0.3 is 0 Å². The second kappa shape index (κ2) is 8.55. The lowest BCUT2D eigenvalue weighted by Crippen LogP contribution is -3.14. The van der Waals surface area contributed by atoms with Crippen LogP contribution in [0.3, 0.4) is 0 Å². The van der Waals surface area contributed by atoms with Crippen molar-refractivity contribution >= 4 is 17.3 Å². The van der Waals surface area contributed by atoms with Crippen molar-refractivity contribution in [2.45, 2.75) is 25.7 Å². The van der Waals surface area contributed by atoms with Crippen LogP contribution in [0.4, 0.5) is 11.4 Å². The van der Waals surface area contributed by atoms with Gasteiger partial charge in [0.1, 0.15) is 5.69 Å². The second-order valence-electron chi connectivity index (χ2n) is 8.57. The molecule has 2 aliphatic rings. The van der Waals surface area contributed by atoms with Crippen LogP contribution in [-0.2, 0) is 0 Å². The van der Waals surface area contributed by atoms with Crippen LogP contribution >= 0.6 is 0 Å². The molecule has 2 aromatic carbocycles. The Kier molecular flexibility index (Phi) is 5.47. The quantitative estimate of drug-likeness (QED) is 0.650. The van der Waals surface area contributed by atoms with Gasteiger partial charge in [0.15, 0.2) is 0 Å². The number of likely N-dealkylation sites (N-methyl/N-ethyl adjacent to an activating group) is 1. The van der Waals surface area contributed by atoms with Crippen LogP contribution in [0.25, 0.3) is 5.69 Å². The van der Waals surface area contributed by atoms with Crippen molar-refractivity contribution in [2.24, 2.45) is 0 Å². The van der Waals surface area contributed by atoms with E-state index in [0.29, 0.717) is 11.6 Å². The van der Waals surface area contributed by atoms with Crippen molar-refractivity contribution < 1.29 is 9.69 Å². The van der Waals surface area contributed by atoms with Gasteiger partial charge in [0.2, 0.25) is 0 Å². The monoisotopic (exact) mass is 416 g/mol. The first-order valence-corrected chi connectivity index (χ1v) is 11.4. The molecule has 2 fully saturated rings. The molecule has 160 valence electrons. The van der Waals surface area contributed by atoms with Crippen molar-refractivity contribution in [3.05, 3.63) is 72.1 Å². The minimum Gasteiger partial charge on any atom is -0.360 e. The Bertz CT molecular complexity index is 1030. The average molecular weight is 417 g/mol. The summed E-state index contributed by atoms with van der Waals surface area (Å²) in [5.74, 6) is 0.363. The number of hydrogen-bond donors (Lipinski definition) is 2. The third kappa shape index (κ3) is 4.35. The summed E-state index contributed by atoms with van der Waals surface area (Å²) < 4.78 is 1.77. The number of para-hydroxylation sites is 1. The van der Waals surface area contributed by atoms with E-state index in [4.69, 9.17) is 5.10 Å². The number of nitrogens with one attached hydrogen (secondary N) is 2. The molecule has 6 heteroatoms. The number of aromatic nitrogens is 2. The average Bonchev–Trinajstić information content (AvgIpc) is 3.58. The first-order valence-electron chi connectivity index (χ1n) is 11.4. The number of nitrogens with zero attached hydrogens (tertiary/aromatic N) is 3. The number of quaternary nitrogens is 1. The Labute approximate surface area is 183 Å². The number of anilines is 2. The van der Waals surface area contributed by atoms with E-state index in [9.17, 15) is 4.79 Å². The van der Waals surface area contributed by atoms with Crippen LogP contribution in [0.2, 0.25) is 0 Å². The Hall–Kier alpha value is -3.12. The molecule has 2 heterocycles. The molecule has 0 unspecified atom stereocenters. The van der Waals surface area contributed by atoms with Gasteiger partial charge in [0, 0.05) is 17.3 Å². The molecule has 0 bridgehead atoms. The fraction of sp³-hybridized carbons (Fsp3) is 0.360. The van der Waals surface area contributed by atoms with Crippen LogP contribution in [0.1, 0.15) is 41.9 Å². The summed E-state index contributed by atoms with van der Waals surface area (Å²) in [5.41, 5.74) is 4.52. The second-order valence-corrected chi connectivity index (χ2v) is 8.57. The van der Waals surface area contributed by atoms with Gasteiger partial charge in [0.25, 0.3) is 5.91 Å². The Balaban J connectivity index is 1.31. The fourth-order valence-electron chi connectivity index (χ4n) is 4.29.